The summed E-state index contributed by atoms with van der Waals surface area (Å²) in [6.07, 6.45) is 1.10. The van der Waals surface area contributed by atoms with Crippen molar-refractivity contribution in [3.05, 3.63) is 29.3 Å². The smallest absolute Gasteiger partial charge is 0.321 e. The van der Waals surface area contributed by atoms with E-state index in [1.807, 2.05) is 0 Å². The van der Waals surface area contributed by atoms with Gasteiger partial charge < -0.3 is 19.9 Å². The SMILES string of the molecule is COC(=O)CSCCC(=O)N1CCCN(C(=O)Nc2ccc(Cl)cc2)CC1. The van der Waals surface area contributed by atoms with Crippen LogP contribution in [0.4, 0.5) is 10.5 Å². The van der Waals surface area contributed by atoms with Crippen molar-refractivity contribution in [2.24, 2.45) is 0 Å². The highest BCUT2D eigenvalue weighted by molar-refractivity contribution is 7.99. The number of urea groups is 1. The number of benzene rings is 1. The number of carbonyl (C=O) groups is 3. The van der Waals surface area contributed by atoms with Crippen LogP contribution >= 0.6 is 23.4 Å². The number of carbonyl (C=O) groups excluding carboxylic acids is 3. The van der Waals surface area contributed by atoms with Gasteiger partial charge in [-0.15, -0.1) is 11.8 Å². The molecule has 0 radical (unpaired) electrons. The Morgan fingerprint density at radius 1 is 1.11 bits per heavy atom. The summed E-state index contributed by atoms with van der Waals surface area (Å²) in [7, 11) is 1.35. The van der Waals surface area contributed by atoms with Crippen LogP contribution in [0.15, 0.2) is 24.3 Å². The standard InChI is InChI=1S/C18H24ClN3O4S/c1-26-17(24)13-27-12-7-16(23)21-8-2-9-22(11-10-21)18(25)20-15-5-3-14(19)4-6-15/h3-6H,2,7-13H2,1H3,(H,20,25). The maximum Gasteiger partial charge on any atom is 0.321 e. The predicted octanol–water partition coefficient (Wildman–Crippen LogP) is 2.70. The van der Waals surface area contributed by atoms with E-state index in [0.717, 1.165) is 6.42 Å². The number of methoxy groups -OCH3 is 1. The maximum atomic E-state index is 12.4. The largest absolute Gasteiger partial charge is 0.468 e. The van der Waals surface area contributed by atoms with E-state index in [9.17, 15) is 14.4 Å². The molecule has 2 rings (SSSR count). The second kappa shape index (κ2) is 11.0. The Morgan fingerprint density at radius 2 is 1.78 bits per heavy atom. The topological polar surface area (TPSA) is 79.0 Å². The number of nitrogens with zero attached hydrogens (tertiary/aromatic N) is 2. The highest BCUT2D eigenvalue weighted by Gasteiger charge is 2.22. The molecule has 1 aliphatic rings. The fourth-order valence-corrected chi connectivity index (χ4v) is 3.51. The zero-order chi connectivity index (χ0) is 19.6. The van der Waals surface area contributed by atoms with Crippen LogP contribution in [0.5, 0.6) is 0 Å². The molecule has 0 atom stereocenters. The van der Waals surface area contributed by atoms with E-state index in [1.54, 1.807) is 34.1 Å². The van der Waals surface area contributed by atoms with Gasteiger partial charge in [-0.25, -0.2) is 4.79 Å². The average molecular weight is 414 g/mol. The zero-order valence-corrected chi connectivity index (χ0v) is 16.9. The minimum absolute atomic E-state index is 0.0484. The molecule has 1 N–H and O–H groups in total. The minimum atomic E-state index is -0.287. The number of esters is 1. The maximum absolute atomic E-state index is 12.4. The Kier molecular flexibility index (Phi) is 8.74. The van der Waals surface area contributed by atoms with Crippen molar-refractivity contribution < 1.29 is 19.1 Å². The highest BCUT2D eigenvalue weighted by Crippen LogP contribution is 2.15. The zero-order valence-electron chi connectivity index (χ0n) is 15.3. The van der Waals surface area contributed by atoms with E-state index in [2.05, 4.69) is 10.1 Å². The highest BCUT2D eigenvalue weighted by atomic mass is 35.5. The summed E-state index contributed by atoms with van der Waals surface area (Å²) in [6, 6.07) is 6.76. The number of anilines is 1. The molecule has 148 valence electrons. The fourth-order valence-electron chi connectivity index (χ4n) is 2.64. The molecule has 1 fully saturated rings. The molecule has 0 spiro atoms. The van der Waals surface area contributed by atoms with Crippen LogP contribution in [0.3, 0.4) is 0 Å². The van der Waals surface area contributed by atoms with E-state index < -0.39 is 0 Å². The summed E-state index contributed by atoms with van der Waals surface area (Å²) in [5.41, 5.74) is 0.684. The number of halogens is 1. The lowest BCUT2D eigenvalue weighted by Crippen LogP contribution is -2.39. The molecule has 7 nitrogen and oxygen atoms in total. The van der Waals surface area contributed by atoms with Gasteiger partial charge in [-0.3, -0.25) is 9.59 Å². The fraction of sp³-hybridized carbons (Fsp3) is 0.500. The first-order valence-corrected chi connectivity index (χ1v) is 10.3. The molecule has 0 aliphatic carbocycles. The third-order valence-corrected chi connectivity index (χ3v) is 5.32. The van der Waals surface area contributed by atoms with E-state index in [1.165, 1.54) is 18.9 Å². The molecule has 0 bridgehead atoms. The van der Waals surface area contributed by atoms with Crippen LogP contribution in [0.2, 0.25) is 5.02 Å². The van der Waals surface area contributed by atoms with Gasteiger partial charge in [0.15, 0.2) is 0 Å². The van der Waals surface area contributed by atoms with Crippen molar-refractivity contribution in [3.63, 3.8) is 0 Å². The Bertz CT molecular complexity index is 657. The van der Waals surface area contributed by atoms with Crippen molar-refractivity contribution in [3.8, 4) is 0 Å². The Morgan fingerprint density at radius 3 is 2.48 bits per heavy atom. The molecule has 9 heteroatoms. The van der Waals surface area contributed by atoms with E-state index in [-0.39, 0.29) is 23.7 Å². The van der Waals surface area contributed by atoms with Gasteiger partial charge in [0.05, 0.1) is 12.9 Å². The second-order valence-electron chi connectivity index (χ2n) is 6.04. The summed E-state index contributed by atoms with van der Waals surface area (Å²) in [5.74, 6) is 0.588. The quantitative estimate of drug-likeness (QED) is 0.573. The Balaban J connectivity index is 1.75. The van der Waals surface area contributed by atoms with Gasteiger partial charge in [0.1, 0.15) is 0 Å². The lowest BCUT2D eigenvalue weighted by Gasteiger charge is -2.22. The molecular formula is C18H24ClN3O4S. The van der Waals surface area contributed by atoms with Gasteiger partial charge in [-0.05, 0) is 30.7 Å². The molecule has 0 unspecified atom stereocenters. The van der Waals surface area contributed by atoms with Crippen LogP contribution in [0.25, 0.3) is 0 Å². The van der Waals surface area contributed by atoms with Crippen molar-refractivity contribution in [2.75, 3.05) is 50.1 Å². The van der Waals surface area contributed by atoms with Gasteiger partial charge in [0.25, 0.3) is 0 Å². The molecule has 1 aromatic carbocycles. The molecular weight excluding hydrogens is 390 g/mol. The Labute approximate surface area is 168 Å². The summed E-state index contributed by atoms with van der Waals surface area (Å²) >= 11 is 7.23. The summed E-state index contributed by atoms with van der Waals surface area (Å²) < 4.78 is 4.57. The molecule has 3 amide bonds. The molecule has 0 saturated carbocycles. The third kappa shape index (κ3) is 7.30. The van der Waals surface area contributed by atoms with Crippen molar-refractivity contribution in [1.82, 2.24) is 9.80 Å². The van der Waals surface area contributed by atoms with Crippen LogP contribution in [0, 0.1) is 0 Å². The number of thioether (sulfide) groups is 1. The number of hydrogen-bond donors (Lipinski definition) is 1. The van der Waals surface area contributed by atoms with Crippen LogP contribution < -0.4 is 5.32 Å². The number of rotatable bonds is 6. The van der Waals surface area contributed by atoms with Crippen LogP contribution in [-0.2, 0) is 14.3 Å². The van der Waals surface area contributed by atoms with E-state index in [4.69, 9.17) is 11.6 Å². The summed E-state index contributed by atoms with van der Waals surface area (Å²) in [6.45, 7) is 2.22. The first-order chi connectivity index (χ1) is 13.0. The monoisotopic (exact) mass is 413 g/mol. The summed E-state index contributed by atoms with van der Waals surface area (Å²) in [4.78, 5) is 39.3. The lowest BCUT2D eigenvalue weighted by molar-refractivity contribution is -0.137. The number of hydrogen-bond acceptors (Lipinski definition) is 5. The van der Waals surface area contributed by atoms with Gasteiger partial charge in [0, 0.05) is 49.1 Å². The molecule has 1 saturated heterocycles. The second-order valence-corrected chi connectivity index (χ2v) is 7.58. The van der Waals surface area contributed by atoms with Crippen molar-refractivity contribution >= 4 is 47.0 Å². The molecule has 1 heterocycles. The van der Waals surface area contributed by atoms with Gasteiger partial charge >= 0.3 is 12.0 Å². The number of ether oxygens (including phenoxy) is 1. The van der Waals surface area contributed by atoms with Crippen molar-refractivity contribution in [2.45, 2.75) is 12.8 Å². The Hall–Kier alpha value is -1.93. The summed E-state index contributed by atoms with van der Waals surface area (Å²) in [5, 5.41) is 3.46. The molecule has 27 heavy (non-hydrogen) atoms. The number of amides is 3. The predicted molar refractivity (Wildman–Crippen MR) is 107 cm³/mol. The van der Waals surface area contributed by atoms with Crippen LogP contribution in [0.1, 0.15) is 12.8 Å². The molecule has 1 aromatic rings. The first kappa shape index (κ1) is 21.4. The number of nitrogens with one attached hydrogen (secondary N) is 1. The third-order valence-electron chi connectivity index (χ3n) is 4.14. The minimum Gasteiger partial charge on any atom is -0.468 e. The van der Waals surface area contributed by atoms with E-state index >= 15 is 0 Å². The first-order valence-electron chi connectivity index (χ1n) is 8.73. The average Bonchev–Trinajstić information content (AvgIpc) is 2.93. The van der Waals surface area contributed by atoms with Gasteiger partial charge in [-0.2, -0.15) is 0 Å². The van der Waals surface area contributed by atoms with Crippen molar-refractivity contribution in [1.29, 1.82) is 0 Å². The van der Waals surface area contributed by atoms with Gasteiger partial charge in [0.2, 0.25) is 5.91 Å². The van der Waals surface area contributed by atoms with Crippen LogP contribution in [-0.4, -0.2) is 72.5 Å². The molecule has 0 aromatic heterocycles. The van der Waals surface area contributed by atoms with E-state index in [0.29, 0.717) is 49.1 Å². The molecule has 1 aliphatic heterocycles. The lowest BCUT2D eigenvalue weighted by atomic mass is 10.3. The van der Waals surface area contributed by atoms with Gasteiger partial charge in [-0.1, -0.05) is 11.6 Å². The normalized spacial score (nSPS) is 14.4.